The lowest BCUT2D eigenvalue weighted by Gasteiger charge is -2.39. The summed E-state index contributed by atoms with van der Waals surface area (Å²) >= 11 is 0. The van der Waals surface area contributed by atoms with Crippen molar-refractivity contribution in [2.24, 2.45) is 5.92 Å². The first-order valence-corrected chi connectivity index (χ1v) is 6.99. The molecule has 0 aliphatic carbocycles. The Bertz CT molecular complexity index is 360. The van der Waals surface area contributed by atoms with Gasteiger partial charge in [-0.25, -0.2) is 4.79 Å². The van der Waals surface area contributed by atoms with Gasteiger partial charge in [0, 0.05) is 18.5 Å². The van der Waals surface area contributed by atoms with Gasteiger partial charge in [-0.1, -0.05) is 0 Å². The molecular formula is C14H23NO4. The molecule has 0 aromatic rings. The maximum absolute atomic E-state index is 12.2. The lowest BCUT2D eigenvalue weighted by molar-refractivity contribution is -0.138. The van der Waals surface area contributed by atoms with Gasteiger partial charge >= 0.3 is 12.1 Å². The number of ether oxygens (including phenoxy) is 1. The van der Waals surface area contributed by atoms with Gasteiger partial charge in [0.05, 0.1) is 0 Å². The molecule has 0 radical (unpaired) electrons. The van der Waals surface area contributed by atoms with Crippen molar-refractivity contribution >= 4 is 12.1 Å². The van der Waals surface area contributed by atoms with Crippen LogP contribution in [-0.4, -0.2) is 39.8 Å². The second-order valence-electron chi connectivity index (χ2n) is 6.71. The third kappa shape index (κ3) is 3.39. The number of carbonyl (C=O) groups is 2. The molecule has 19 heavy (non-hydrogen) atoms. The Hall–Kier alpha value is -1.26. The van der Waals surface area contributed by atoms with E-state index in [2.05, 4.69) is 0 Å². The van der Waals surface area contributed by atoms with Crippen molar-refractivity contribution in [3.8, 4) is 0 Å². The second kappa shape index (κ2) is 5.02. The van der Waals surface area contributed by atoms with Crippen molar-refractivity contribution in [3.63, 3.8) is 0 Å². The van der Waals surface area contributed by atoms with E-state index >= 15 is 0 Å². The summed E-state index contributed by atoms with van der Waals surface area (Å²) in [5.74, 6) is -0.538. The quantitative estimate of drug-likeness (QED) is 0.836. The minimum Gasteiger partial charge on any atom is -0.481 e. The molecule has 2 saturated heterocycles. The van der Waals surface area contributed by atoms with Crippen LogP contribution >= 0.6 is 0 Å². The average molecular weight is 269 g/mol. The van der Waals surface area contributed by atoms with Crippen LogP contribution in [0.3, 0.4) is 0 Å². The molecule has 108 valence electrons. The molecule has 2 fully saturated rings. The van der Waals surface area contributed by atoms with E-state index < -0.39 is 11.6 Å². The highest BCUT2D eigenvalue weighted by Crippen LogP contribution is 2.40. The molecule has 2 atom stereocenters. The van der Waals surface area contributed by atoms with Gasteiger partial charge in [0.1, 0.15) is 5.60 Å². The van der Waals surface area contributed by atoms with E-state index in [-0.39, 0.29) is 30.5 Å². The van der Waals surface area contributed by atoms with E-state index in [1.54, 1.807) is 0 Å². The first kappa shape index (κ1) is 14.2. The highest BCUT2D eigenvalue weighted by atomic mass is 16.6. The zero-order valence-corrected chi connectivity index (χ0v) is 11.9. The summed E-state index contributed by atoms with van der Waals surface area (Å²) in [6, 6.07) is 0.330. The first-order chi connectivity index (χ1) is 8.76. The molecule has 2 rings (SSSR count). The molecule has 0 aromatic heterocycles. The van der Waals surface area contributed by atoms with Crippen LogP contribution in [0.5, 0.6) is 0 Å². The zero-order chi connectivity index (χ0) is 14.2. The Morgan fingerprint density at radius 3 is 2.16 bits per heavy atom. The van der Waals surface area contributed by atoms with Crippen molar-refractivity contribution in [2.45, 2.75) is 70.6 Å². The van der Waals surface area contributed by atoms with Crippen LogP contribution < -0.4 is 0 Å². The van der Waals surface area contributed by atoms with Crippen molar-refractivity contribution in [1.29, 1.82) is 0 Å². The largest absolute Gasteiger partial charge is 0.481 e. The minimum absolute atomic E-state index is 0.165. The van der Waals surface area contributed by atoms with E-state index in [1.807, 2.05) is 25.7 Å². The molecule has 1 amide bonds. The predicted octanol–water partition coefficient (Wildman–Crippen LogP) is 2.64. The number of piperidine rings is 1. The van der Waals surface area contributed by atoms with Gasteiger partial charge in [-0.05, 0) is 52.4 Å². The molecule has 2 bridgehead atoms. The molecule has 0 saturated carbocycles. The van der Waals surface area contributed by atoms with Crippen LogP contribution in [0.4, 0.5) is 4.79 Å². The highest BCUT2D eigenvalue weighted by Gasteiger charge is 2.45. The number of carboxylic acid groups (broad SMARTS) is 1. The van der Waals surface area contributed by atoms with E-state index in [1.165, 1.54) is 0 Å². The van der Waals surface area contributed by atoms with E-state index in [4.69, 9.17) is 9.84 Å². The Labute approximate surface area is 113 Å². The number of fused-ring (bicyclic) bond motifs is 2. The maximum atomic E-state index is 12.2. The van der Waals surface area contributed by atoms with Crippen LogP contribution in [0.15, 0.2) is 0 Å². The van der Waals surface area contributed by atoms with Gasteiger partial charge in [-0.3, -0.25) is 4.79 Å². The lowest BCUT2D eigenvalue weighted by Crippen LogP contribution is -2.48. The number of carbonyl (C=O) groups excluding carboxylic acids is 1. The van der Waals surface area contributed by atoms with Gasteiger partial charge in [0.2, 0.25) is 0 Å². The monoisotopic (exact) mass is 269 g/mol. The van der Waals surface area contributed by atoms with Crippen LogP contribution in [-0.2, 0) is 9.53 Å². The number of aliphatic carboxylic acids is 1. The second-order valence-corrected chi connectivity index (χ2v) is 6.71. The summed E-state index contributed by atoms with van der Waals surface area (Å²) < 4.78 is 5.45. The van der Waals surface area contributed by atoms with Gasteiger partial charge in [-0.15, -0.1) is 0 Å². The smallest absolute Gasteiger partial charge is 0.410 e. The molecule has 5 nitrogen and oxygen atoms in total. The first-order valence-electron chi connectivity index (χ1n) is 6.99. The minimum atomic E-state index is -0.741. The summed E-state index contributed by atoms with van der Waals surface area (Å²) in [5, 5.41) is 8.88. The number of nitrogens with zero attached hydrogens (tertiary/aromatic N) is 1. The number of amides is 1. The topological polar surface area (TPSA) is 66.8 Å². The summed E-state index contributed by atoms with van der Waals surface area (Å²) in [7, 11) is 0. The van der Waals surface area contributed by atoms with Gasteiger partial charge < -0.3 is 14.7 Å². The molecule has 0 spiro atoms. The molecule has 2 heterocycles. The fourth-order valence-electron chi connectivity index (χ4n) is 3.32. The number of hydrogen-bond acceptors (Lipinski definition) is 3. The normalized spacial score (nSPS) is 30.3. The molecule has 2 unspecified atom stereocenters. The summed E-state index contributed by atoms with van der Waals surface area (Å²) in [5.41, 5.74) is -0.478. The molecule has 2 aliphatic rings. The van der Waals surface area contributed by atoms with Gasteiger partial charge in [0.25, 0.3) is 0 Å². The summed E-state index contributed by atoms with van der Waals surface area (Å²) in [6.07, 6.45) is 3.51. The lowest BCUT2D eigenvalue weighted by atomic mass is 9.88. The fourth-order valence-corrected chi connectivity index (χ4v) is 3.32. The molecule has 5 heteroatoms. The molecule has 2 aliphatic heterocycles. The Balaban J connectivity index is 1.99. The van der Waals surface area contributed by atoms with Gasteiger partial charge in [-0.2, -0.15) is 0 Å². The third-order valence-electron chi connectivity index (χ3n) is 3.90. The fraction of sp³-hybridized carbons (Fsp3) is 0.857. The van der Waals surface area contributed by atoms with Crippen LogP contribution in [0.2, 0.25) is 0 Å². The van der Waals surface area contributed by atoms with Crippen molar-refractivity contribution in [2.75, 3.05) is 0 Å². The Morgan fingerprint density at radius 1 is 1.21 bits per heavy atom. The molecular weight excluding hydrogens is 246 g/mol. The number of carboxylic acids is 1. The van der Waals surface area contributed by atoms with Crippen LogP contribution in [0.1, 0.15) is 52.9 Å². The van der Waals surface area contributed by atoms with E-state index in [0.717, 1.165) is 25.7 Å². The predicted molar refractivity (Wildman–Crippen MR) is 69.9 cm³/mol. The van der Waals surface area contributed by atoms with Crippen LogP contribution in [0, 0.1) is 5.92 Å². The van der Waals surface area contributed by atoms with Crippen molar-refractivity contribution in [1.82, 2.24) is 4.90 Å². The zero-order valence-electron chi connectivity index (χ0n) is 11.9. The van der Waals surface area contributed by atoms with Gasteiger partial charge in [0.15, 0.2) is 0 Å². The van der Waals surface area contributed by atoms with Crippen molar-refractivity contribution in [3.05, 3.63) is 0 Å². The number of hydrogen-bond donors (Lipinski definition) is 1. The molecule has 1 N–H and O–H groups in total. The summed E-state index contributed by atoms with van der Waals surface area (Å²) in [6.45, 7) is 5.60. The van der Waals surface area contributed by atoms with E-state index in [9.17, 15) is 9.59 Å². The standard InChI is InChI=1S/C14H23NO4/c1-14(2,3)19-13(18)15-10-4-5-11(15)7-9(6-10)8-12(16)17/h9-11H,4-8H2,1-3H3,(H,16,17). The van der Waals surface area contributed by atoms with Crippen molar-refractivity contribution < 1.29 is 19.4 Å². The van der Waals surface area contributed by atoms with Crippen LogP contribution in [0.25, 0.3) is 0 Å². The third-order valence-corrected chi connectivity index (χ3v) is 3.90. The Kier molecular flexibility index (Phi) is 3.74. The SMILES string of the molecule is CC(C)(C)OC(=O)N1C2CCC1CC(CC(=O)O)C2. The maximum Gasteiger partial charge on any atom is 0.410 e. The number of rotatable bonds is 2. The van der Waals surface area contributed by atoms with E-state index in [0.29, 0.717) is 0 Å². The Morgan fingerprint density at radius 2 is 1.74 bits per heavy atom. The summed E-state index contributed by atoms with van der Waals surface area (Å²) in [4.78, 5) is 24.8. The average Bonchev–Trinajstić information content (AvgIpc) is 2.47. The highest BCUT2D eigenvalue weighted by molar-refractivity contribution is 5.70. The molecule has 0 aromatic carbocycles.